The monoisotopic (exact) mass is 327 g/mol. The zero-order valence-electron chi connectivity index (χ0n) is 11.8. The lowest BCUT2D eigenvalue weighted by Crippen LogP contribution is -2.34. The molecule has 1 N–H and O–H groups in total. The molecule has 106 valence electrons. The predicted molar refractivity (Wildman–Crippen MR) is 81.8 cm³/mol. The second-order valence-electron chi connectivity index (χ2n) is 5.66. The van der Waals surface area contributed by atoms with E-state index in [9.17, 15) is 4.39 Å². The second-order valence-corrected chi connectivity index (χ2v) is 6.45. The molecule has 0 bridgehead atoms. The summed E-state index contributed by atoms with van der Waals surface area (Å²) in [7, 11) is 2.02. The van der Waals surface area contributed by atoms with Gasteiger partial charge in [-0.1, -0.05) is 31.9 Å². The van der Waals surface area contributed by atoms with Crippen molar-refractivity contribution in [3.63, 3.8) is 0 Å². The van der Waals surface area contributed by atoms with Crippen molar-refractivity contribution in [2.24, 2.45) is 11.8 Å². The summed E-state index contributed by atoms with van der Waals surface area (Å²) in [4.78, 5) is 0. The van der Waals surface area contributed by atoms with Crippen LogP contribution < -0.4 is 5.32 Å². The lowest BCUT2D eigenvalue weighted by molar-refractivity contribution is 0.361. The number of halogens is 2. The topological polar surface area (TPSA) is 12.0 Å². The van der Waals surface area contributed by atoms with Crippen molar-refractivity contribution in [3.05, 3.63) is 34.1 Å². The van der Waals surface area contributed by atoms with Gasteiger partial charge in [-0.2, -0.15) is 0 Å². The second kappa shape index (κ2) is 6.85. The molecule has 1 nitrogen and oxygen atoms in total. The third kappa shape index (κ3) is 3.57. The lowest BCUT2D eigenvalue weighted by Gasteiger charge is -2.24. The van der Waals surface area contributed by atoms with Crippen molar-refractivity contribution < 1.29 is 4.39 Å². The summed E-state index contributed by atoms with van der Waals surface area (Å²) in [6.07, 6.45) is 6.15. The summed E-state index contributed by atoms with van der Waals surface area (Å²) >= 11 is 3.37. The average Bonchev–Trinajstić information content (AvgIpc) is 2.89. The molecule has 2 rings (SSSR count). The summed E-state index contributed by atoms with van der Waals surface area (Å²) in [5, 5.41) is 3.44. The van der Waals surface area contributed by atoms with Crippen LogP contribution in [-0.4, -0.2) is 13.1 Å². The first-order valence-electron chi connectivity index (χ1n) is 7.25. The first-order chi connectivity index (χ1) is 9.15. The molecule has 1 aromatic rings. The van der Waals surface area contributed by atoms with Crippen LogP contribution in [0.5, 0.6) is 0 Å². The number of benzene rings is 1. The van der Waals surface area contributed by atoms with Gasteiger partial charge in [0.2, 0.25) is 0 Å². The molecule has 0 aliphatic heterocycles. The molecule has 0 saturated heterocycles. The maximum absolute atomic E-state index is 13.6. The summed E-state index contributed by atoms with van der Waals surface area (Å²) in [6, 6.07) is 5.77. The Morgan fingerprint density at radius 1 is 1.42 bits per heavy atom. The van der Waals surface area contributed by atoms with E-state index in [1.165, 1.54) is 31.7 Å². The Kier molecular flexibility index (Phi) is 5.40. The number of likely N-dealkylation sites (N-methyl/N-ethyl adjacent to an activating group) is 1. The third-order valence-electron chi connectivity index (χ3n) is 4.57. The van der Waals surface area contributed by atoms with E-state index in [0.717, 1.165) is 23.8 Å². The van der Waals surface area contributed by atoms with Gasteiger partial charge < -0.3 is 5.32 Å². The van der Waals surface area contributed by atoms with Crippen LogP contribution in [0.2, 0.25) is 0 Å². The standard InChI is InChI=1S/C16H23BrFN/c1-3-11-7-8-12(9-11)15(19-2)10-13-5-4-6-14(18)16(13)17/h4-6,11-12,15,19H,3,7-10H2,1-2H3. The molecule has 1 fully saturated rings. The minimum absolute atomic E-state index is 0.162. The van der Waals surface area contributed by atoms with E-state index in [1.807, 2.05) is 13.1 Å². The van der Waals surface area contributed by atoms with Crippen molar-refractivity contribution >= 4 is 15.9 Å². The number of rotatable bonds is 5. The van der Waals surface area contributed by atoms with Gasteiger partial charge in [-0.3, -0.25) is 0 Å². The summed E-state index contributed by atoms with van der Waals surface area (Å²) < 4.78 is 14.2. The number of nitrogens with one attached hydrogen (secondary N) is 1. The van der Waals surface area contributed by atoms with Crippen molar-refractivity contribution in [2.45, 2.75) is 45.1 Å². The summed E-state index contributed by atoms with van der Waals surface area (Å²) in [5.74, 6) is 1.45. The van der Waals surface area contributed by atoms with Gasteiger partial charge in [-0.05, 0) is 65.7 Å². The van der Waals surface area contributed by atoms with E-state index in [4.69, 9.17) is 0 Å². The minimum atomic E-state index is -0.162. The molecule has 1 aliphatic carbocycles. The molecule has 1 aliphatic rings. The SMILES string of the molecule is CCC1CCC(C(Cc2cccc(F)c2Br)NC)C1. The average molecular weight is 328 g/mol. The maximum Gasteiger partial charge on any atom is 0.137 e. The van der Waals surface area contributed by atoms with Crippen LogP contribution in [0.15, 0.2) is 22.7 Å². The lowest BCUT2D eigenvalue weighted by atomic mass is 9.91. The predicted octanol–water partition coefficient (Wildman–Crippen LogP) is 4.55. The van der Waals surface area contributed by atoms with Crippen molar-refractivity contribution in [3.8, 4) is 0 Å². The summed E-state index contributed by atoms with van der Waals surface area (Å²) in [5.41, 5.74) is 1.07. The zero-order chi connectivity index (χ0) is 13.8. The highest BCUT2D eigenvalue weighted by molar-refractivity contribution is 9.10. The fraction of sp³-hybridized carbons (Fsp3) is 0.625. The molecule has 0 aromatic heterocycles. The molecule has 3 unspecified atom stereocenters. The van der Waals surface area contributed by atoms with Gasteiger partial charge in [0.05, 0.1) is 4.47 Å². The summed E-state index contributed by atoms with van der Waals surface area (Å²) in [6.45, 7) is 2.28. The molecule has 0 radical (unpaired) electrons. The van der Waals surface area contributed by atoms with Gasteiger partial charge >= 0.3 is 0 Å². The normalized spacial score (nSPS) is 24.6. The first kappa shape index (κ1) is 15.0. The quantitative estimate of drug-likeness (QED) is 0.836. The van der Waals surface area contributed by atoms with E-state index < -0.39 is 0 Å². The van der Waals surface area contributed by atoms with Gasteiger partial charge in [0.15, 0.2) is 0 Å². The van der Waals surface area contributed by atoms with Crippen LogP contribution in [0.1, 0.15) is 38.2 Å². The molecule has 0 heterocycles. The van der Waals surface area contributed by atoms with Gasteiger partial charge in [-0.15, -0.1) is 0 Å². The molecule has 0 amide bonds. The molecular weight excluding hydrogens is 305 g/mol. The van der Waals surface area contributed by atoms with Crippen LogP contribution in [0.3, 0.4) is 0 Å². The molecule has 3 atom stereocenters. The number of hydrogen-bond acceptors (Lipinski definition) is 1. The van der Waals surface area contributed by atoms with Gasteiger partial charge in [-0.25, -0.2) is 4.39 Å². The van der Waals surface area contributed by atoms with Gasteiger partial charge in [0.25, 0.3) is 0 Å². The van der Waals surface area contributed by atoms with Crippen molar-refractivity contribution in [1.82, 2.24) is 5.32 Å². The third-order valence-corrected chi connectivity index (χ3v) is 5.46. The van der Waals surface area contributed by atoms with Gasteiger partial charge in [0.1, 0.15) is 5.82 Å². The van der Waals surface area contributed by atoms with Crippen molar-refractivity contribution in [1.29, 1.82) is 0 Å². The van der Waals surface area contributed by atoms with Gasteiger partial charge in [0, 0.05) is 6.04 Å². The van der Waals surface area contributed by atoms with Crippen molar-refractivity contribution in [2.75, 3.05) is 7.05 Å². The smallest absolute Gasteiger partial charge is 0.137 e. The Labute approximate surface area is 124 Å². The van der Waals surface area contributed by atoms with Crippen LogP contribution in [0.25, 0.3) is 0 Å². The minimum Gasteiger partial charge on any atom is -0.316 e. The molecule has 1 aromatic carbocycles. The fourth-order valence-electron chi connectivity index (χ4n) is 3.30. The zero-order valence-corrected chi connectivity index (χ0v) is 13.3. The largest absolute Gasteiger partial charge is 0.316 e. The molecule has 0 spiro atoms. The fourth-order valence-corrected chi connectivity index (χ4v) is 3.72. The Morgan fingerprint density at radius 2 is 2.21 bits per heavy atom. The van der Waals surface area contributed by atoms with E-state index in [-0.39, 0.29) is 5.82 Å². The number of hydrogen-bond donors (Lipinski definition) is 1. The Morgan fingerprint density at radius 3 is 2.84 bits per heavy atom. The molecule has 1 saturated carbocycles. The van der Waals surface area contributed by atoms with Crippen LogP contribution in [0.4, 0.5) is 4.39 Å². The highest BCUT2D eigenvalue weighted by Crippen LogP contribution is 2.36. The highest BCUT2D eigenvalue weighted by atomic mass is 79.9. The molecular formula is C16H23BrFN. The van der Waals surface area contributed by atoms with E-state index in [1.54, 1.807) is 6.07 Å². The maximum atomic E-state index is 13.6. The molecule has 19 heavy (non-hydrogen) atoms. The Bertz CT molecular complexity index is 421. The Balaban J connectivity index is 2.05. The van der Waals surface area contributed by atoms with E-state index in [0.29, 0.717) is 10.5 Å². The van der Waals surface area contributed by atoms with E-state index >= 15 is 0 Å². The Hall–Kier alpha value is -0.410. The van der Waals surface area contributed by atoms with Crippen LogP contribution >= 0.6 is 15.9 Å². The van der Waals surface area contributed by atoms with Crippen LogP contribution in [-0.2, 0) is 6.42 Å². The molecule has 3 heteroatoms. The highest BCUT2D eigenvalue weighted by Gasteiger charge is 2.29. The first-order valence-corrected chi connectivity index (χ1v) is 8.05. The van der Waals surface area contributed by atoms with Crippen LogP contribution in [0, 0.1) is 17.7 Å². The van der Waals surface area contributed by atoms with E-state index in [2.05, 4.69) is 28.2 Å².